The van der Waals surface area contributed by atoms with Crippen LogP contribution in [0.15, 0.2) is 48.7 Å². The lowest BCUT2D eigenvalue weighted by atomic mass is 9.99. The molecule has 5 rings (SSSR count). The van der Waals surface area contributed by atoms with Gasteiger partial charge in [-0.25, -0.2) is 0 Å². The number of nitrogens with zero attached hydrogens (tertiary/aromatic N) is 2. The normalized spacial score (nSPS) is 28.1. The Bertz CT molecular complexity index is 1230. The number of benzene rings is 1. The molecule has 11 heteroatoms. The van der Waals surface area contributed by atoms with E-state index in [0.717, 1.165) is 5.39 Å². The van der Waals surface area contributed by atoms with E-state index in [1.165, 1.54) is 4.90 Å². The molecule has 1 aromatic heterocycles. The summed E-state index contributed by atoms with van der Waals surface area (Å²) in [5, 5.41) is 16.8. The van der Waals surface area contributed by atoms with Crippen LogP contribution in [0.25, 0.3) is 10.8 Å². The molecule has 0 bridgehead atoms. The number of morpholine rings is 1. The van der Waals surface area contributed by atoms with E-state index < -0.39 is 54.1 Å². The van der Waals surface area contributed by atoms with Crippen molar-refractivity contribution in [3.05, 3.63) is 54.4 Å². The van der Waals surface area contributed by atoms with Crippen molar-refractivity contribution >= 4 is 34.5 Å². The maximum absolute atomic E-state index is 13.7. The molecule has 2 aromatic rings. The quantitative estimate of drug-likeness (QED) is 0.399. The van der Waals surface area contributed by atoms with Crippen LogP contribution in [0.3, 0.4) is 0 Å². The summed E-state index contributed by atoms with van der Waals surface area (Å²) in [4.78, 5) is 57.2. The van der Waals surface area contributed by atoms with Gasteiger partial charge < -0.3 is 30.1 Å². The van der Waals surface area contributed by atoms with Gasteiger partial charge >= 0.3 is 5.97 Å². The van der Waals surface area contributed by atoms with E-state index in [9.17, 15) is 24.3 Å². The monoisotopic (exact) mass is 494 g/mol. The molecule has 3 aliphatic heterocycles. The second kappa shape index (κ2) is 10.0. The minimum absolute atomic E-state index is 0.0546. The Morgan fingerprint density at radius 2 is 1.86 bits per heavy atom. The third-order valence-electron chi connectivity index (χ3n) is 6.62. The van der Waals surface area contributed by atoms with Crippen molar-refractivity contribution in [2.24, 2.45) is 0 Å². The van der Waals surface area contributed by atoms with Gasteiger partial charge in [0.2, 0.25) is 18.1 Å². The van der Waals surface area contributed by atoms with Crippen LogP contribution in [0.4, 0.5) is 0 Å². The molecule has 0 spiro atoms. The van der Waals surface area contributed by atoms with Gasteiger partial charge in [0.1, 0.15) is 23.8 Å². The molecule has 0 aliphatic carbocycles. The van der Waals surface area contributed by atoms with Crippen LogP contribution in [0.1, 0.15) is 29.8 Å². The zero-order valence-corrected chi connectivity index (χ0v) is 19.3. The fourth-order valence-electron chi connectivity index (χ4n) is 4.81. The van der Waals surface area contributed by atoms with Gasteiger partial charge in [-0.1, -0.05) is 36.4 Å². The third-order valence-corrected chi connectivity index (χ3v) is 6.62. The van der Waals surface area contributed by atoms with Crippen molar-refractivity contribution in [2.75, 3.05) is 13.2 Å². The SMILES string of the molecule is O=C1C[C@H](NC(=O)[C@@H]2COC[C@@H]3CC=CC[C@H](NC(=O)c4nccc5ccccc45)C(=O)N32)C(O)O1. The summed E-state index contributed by atoms with van der Waals surface area (Å²) in [6.45, 7) is 0.181. The van der Waals surface area contributed by atoms with E-state index in [4.69, 9.17) is 4.74 Å². The predicted molar refractivity (Wildman–Crippen MR) is 125 cm³/mol. The number of fused-ring (bicyclic) bond motifs is 2. The van der Waals surface area contributed by atoms with Crippen molar-refractivity contribution in [3.8, 4) is 0 Å². The van der Waals surface area contributed by atoms with Gasteiger partial charge in [0.05, 0.1) is 25.7 Å². The Labute approximate surface area is 206 Å². The number of aliphatic hydroxyl groups excluding tert-OH is 1. The van der Waals surface area contributed by atoms with E-state index >= 15 is 0 Å². The van der Waals surface area contributed by atoms with E-state index in [1.807, 2.05) is 30.4 Å². The lowest BCUT2D eigenvalue weighted by Gasteiger charge is -2.43. The van der Waals surface area contributed by atoms with Crippen LogP contribution >= 0.6 is 0 Å². The number of rotatable bonds is 4. The van der Waals surface area contributed by atoms with E-state index in [1.54, 1.807) is 18.3 Å². The molecule has 5 atom stereocenters. The zero-order valence-electron chi connectivity index (χ0n) is 19.3. The highest BCUT2D eigenvalue weighted by atomic mass is 16.6. The Hall–Kier alpha value is -3.83. The van der Waals surface area contributed by atoms with Crippen molar-refractivity contribution in [2.45, 2.75) is 49.7 Å². The molecule has 1 unspecified atom stereocenters. The van der Waals surface area contributed by atoms with Crippen LogP contribution in [0.5, 0.6) is 0 Å². The molecule has 0 saturated carbocycles. The molecule has 0 radical (unpaired) electrons. The van der Waals surface area contributed by atoms with Crippen molar-refractivity contribution in [1.82, 2.24) is 20.5 Å². The number of ether oxygens (including phenoxy) is 2. The van der Waals surface area contributed by atoms with Crippen LogP contribution in [-0.2, 0) is 23.9 Å². The summed E-state index contributed by atoms with van der Waals surface area (Å²) in [5.41, 5.74) is 0.208. The number of carbonyl (C=O) groups is 4. The molecule has 11 nitrogen and oxygen atoms in total. The second-order valence-electron chi connectivity index (χ2n) is 9.00. The molecule has 2 fully saturated rings. The highest BCUT2D eigenvalue weighted by Crippen LogP contribution is 2.23. The molecule has 188 valence electrons. The summed E-state index contributed by atoms with van der Waals surface area (Å²) < 4.78 is 10.3. The van der Waals surface area contributed by atoms with E-state index in [2.05, 4.69) is 20.4 Å². The number of hydrogen-bond donors (Lipinski definition) is 3. The summed E-state index contributed by atoms with van der Waals surface area (Å²) >= 11 is 0. The van der Waals surface area contributed by atoms with E-state index in [0.29, 0.717) is 11.8 Å². The second-order valence-corrected chi connectivity index (χ2v) is 9.00. The maximum atomic E-state index is 13.7. The van der Waals surface area contributed by atoms with Gasteiger partial charge in [-0.2, -0.15) is 0 Å². The topological polar surface area (TPSA) is 147 Å². The zero-order chi connectivity index (χ0) is 25.2. The number of amides is 3. The molecular weight excluding hydrogens is 468 g/mol. The molecule has 36 heavy (non-hydrogen) atoms. The largest absolute Gasteiger partial charge is 0.434 e. The Morgan fingerprint density at radius 1 is 1.06 bits per heavy atom. The lowest BCUT2D eigenvalue weighted by molar-refractivity contribution is -0.159. The summed E-state index contributed by atoms with van der Waals surface area (Å²) in [7, 11) is 0. The molecule has 3 aliphatic rings. The number of aromatic nitrogens is 1. The summed E-state index contributed by atoms with van der Waals surface area (Å²) in [6.07, 6.45) is 4.38. The number of pyridine rings is 1. The molecular formula is C25H26N4O7. The van der Waals surface area contributed by atoms with E-state index in [-0.39, 0.29) is 31.7 Å². The number of cyclic esters (lactones) is 1. The average molecular weight is 495 g/mol. The number of carbonyl (C=O) groups excluding carboxylic acids is 4. The Balaban J connectivity index is 1.37. The average Bonchev–Trinajstić information content (AvgIpc) is 3.19. The smallest absolute Gasteiger partial charge is 0.310 e. The van der Waals surface area contributed by atoms with Gasteiger partial charge in [-0.3, -0.25) is 24.2 Å². The van der Waals surface area contributed by atoms with Gasteiger partial charge in [0, 0.05) is 11.6 Å². The number of nitrogens with one attached hydrogen (secondary N) is 2. The van der Waals surface area contributed by atoms with Crippen molar-refractivity contribution in [1.29, 1.82) is 0 Å². The number of aliphatic hydroxyl groups is 1. The minimum Gasteiger partial charge on any atom is -0.434 e. The van der Waals surface area contributed by atoms with Crippen LogP contribution < -0.4 is 10.6 Å². The predicted octanol–water partition coefficient (Wildman–Crippen LogP) is 0.0293. The molecule has 2 saturated heterocycles. The summed E-state index contributed by atoms with van der Waals surface area (Å²) in [5.74, 6) is -2.10. The highest BCUT2D eigenvalue weighted by molar-refractivity contribution is 6.06. The first-order chi connectivity index (χ1) is 17.4. The fraction of sp³-hybridized carbons (Fsp3) is 0.400. The first-order valence-electron chi connectivity index (χ1n) is 11.8. The van der Waals surface area contributed by atoms with Crippen molar-refractivity contribution in [3.63, 3.8) is 0 Å². The van der Waals surface area contributed by atoms with Crippen LogP contribution in [-0.4, -0.2) is 82.4 Å². The van der Waals surface area contributed by atoms with Gasteiger partial charge in [0.15, 0.2) is 0 Å². The number of esters is 1. The lowest BCUT2D eigenvalue weighted by Crippen LogP contribution is -2.65. The number of hydrogen-bond acceptors (Lipinski definition) is 8. The fourth-order valence-corrected chi connectivity index (χ4v) is 4.81. The van der Waals surface area contributed by atoms with Gasteiger partial charge in [-0.15, -0.1) is 0 Å². The Morgan fingerprint density at radius 3 is 2.67 bits per heavy atom. The van der Waals surface area contributed by atoms with Crippen LogP contribution in [0.2, 0.25) is 0 Å². The Kier molecular flexibility index (Phi) is 6.66. The minimum atomic E-state index is -1.45. The maximum Gasteiger partial charge on any atom is 0.310 e. The third kappa shape index (κ3) is 4.67. The standard InChI is InChI=1S/C25H26N4O7/c30-20-11-18(25(34)36-20)28-22(31)19-13-35-12-15-6-2-4-8-17(24(33)29(15)19)27-23(32)21-16-7-3-1-5-14(16)9-10-26-21/h1-5,7,9-10,15,17-19,25,34H,6,8,11-13H2,(H,27,32)(H,28,31)/t15-,17-,18-,19-,25?/m0/s1. The molecule has 1 aromatic carbocycles. The summed E-state index contributed by atoms with van der Waals surface area (Å²) in [6, 6.07) is 5.89. The highest BCUT2D eigenvalue weighted by Gasteiger charge is 2.44. The van der Waals surface area contributed by atoms with Crippen molar-refractivity contribution < 1.29 is 33.8 Å². The van der Waals surface area contributed by atoms with Crippen LogP contribution in [0, 0.1) is 0 Å². The first-order valence-corrected chi connectivity index (χ1v) is 11.8. The molecule has 3 N–H and O–H groups in total. The molecule has 4 heterocycles. The molecule has 3 amide bonds. The van der Waals surface area contributed by atoms with Gasteiger partial charge in [-0.05, 0) is 24.3 Å². The first kappa shape index (κ1) is 23.9. The van der Waals surface area contributed by atoms with Gasteiger partial charge in [0.25, 0.3) is 5.91 Å².